The predicted octanol–water partition coefficient (Wildman–Crippen LogP) is 16.0. The highest BCUT2D eigenvalue weighted by atomic mass is 16.5. The van der Waals surface area contributed by atoms with Crippen LogP contribution in [-0.4, -0.2) is 31.0 Å². The van der Waals surface area contributed by atoms with Gasteiger partial charge in [-0.15, -0.1) is 6.58 Å². The fourth-order valence-corrected chi connectivity index (χ4v) is 10.3. The summed E-state index contributed by atoms with van der Waals surface area (Å²) in [5.41, 5.74) is 13.1. The van der Waals surface area contributed by atoms with Crippen molar-refractivity contribution in [3.8, 4) is 45.6 Å². The lowest BCUT2D eigenvalue weighted by Gasteiger charge is -2.35. The average molecular weight is 902 g/mol. The molecular formula is C63H59N5O. The van der Waals surface area contributed by atoms with Crippen LogP contribution in [0.5, 0.6) is 5.75 Å². The van der Waals surface area contributed by atoms with Gasteiger partial charge in [0, 0.05) is 61.4 Å². The minimum atomic E-state index is -0.564. The molecule has 6 nitrogen and oxygen atoms in total. The zero-order valence-corrected chi connectivity index (χ0v) is 40.2. The van der Waals surface area contributed by atoms with Gasteiger partial charge >= 0.3 is 0 Å². The summed E-state index contributed by atoms with van der Waals surface area (Å²) in [5, 5.41) is 2.29. The second-order valence-corrected chi connectivity index (χ2v) is 18.5. The first-order chi connectivity index (χ1) is 33.7. The van der Waals surface area contributed by atoms with E-state index in [4.69, 9.17) is 32.8 Å². The molecule has 0 saturated heterocycles. The van der Waals surface area contributed by atoms with Crippen LogP contribution in [0.15, 0.2) is 213 Å². The van der Waals surface area contributed by atoms with E-state index in [1.54, 1.807) is 0 Å². The van der Waals surface area contributed by atoms with E-state index in [0.29, 0.717) is 30.0 Å². The topological polar surface area (TPSA) is 56.1 Å². The fourth-order valence-electron chi connectivity index (χ4n) is 10.3. The molecule has 0 saturated carbocycles. The summed E-state index contributed by atoms with van der Waals surface area (Å²) in [6.07, 6.45) is 14.4. The molecule has 6 aromatic carbocycles. The van der Waals surface area contributed by atoms with Crippen molar-refractivity contribution in [1.82, 2.24) is 24.4 Å². The molecule has 0 N–H and O–H groups in total. The molecule has 0 fully saturated rings. The number of aromatic nitrogens is 4. The van der Waals surface area contributed by atoms with E-state index >= 15 is 0 Å². The second-order valence-electron chi connectivity index (χ2n) is 18.5. The maximum absolute atomic E-state index is 6.76. The molecule has 69 heavy (non-hydrogen) atoms. The Labute approximate surface area is 407 Å². The number of hydrogen-bond donors (Lipinski definition) is 0. The van der Waals surface area contributed by atoms with Gasteiger partial charge in [0.25, 0.3) is 0 Å². The van der Waals surface area contributed by atoms with E-state index in [0.717, 1.165) is 104 Å². The van der Waals surface area contributed by atoms with Gasteiger partial charge in [-0.05, 0) is 97.2 Å². The third-order valence-electron chi connectivity index (χ3n) is 14.3. The zero-order chi connectivity index (χ0) is 47.6. The number of hydrogen-bond acceptors (Lipinski definition) is 5. The Hall–Kier alpha value is -7.83. The van der Waals surface area contributed by atoms with Crippen LogP contribution in [0.4, 0.5) is 0 Å². The van der Waals surface area contributed by atoms with E-state index < -0.39 is 5.41 Å². The molecule has 3 atom stereocenters. The van der Waals surface area contributed by atoms with Crippen molar-refractivity contribution in [1.29, 1.82) is 0 Å². The molecule has 0 aliphatic carbocycles. The molecule has 8 aromatic rings. The monoisotopic (exact) mass is 901 g/mol. The summed E-state index contributed by atoms with van der Waals surface area (Å²) in [5.74, 6) is 3.21. The van der Waals surface area contributed by atoms with Crippen molar-refractivity contribution in [3.63, 3.8) is 0 Å². The summed E-state index contributed by atoms with van der Waals surface area (Å²) in [6.45, 7) is 23.4. The van der Waals surface area contributed by atoms with Crippen molar-refractivity contribution < 1.29 is 4.74 Å². The lowest BCUT2D eigenvalue weighted by Crippen LogP contribution is -2.29. The van der Waals surface area contributed by atoms with Gasteiger partial charge in [-0.1, -0.05) is 168 Å². The first-order valence-electron chi connectivity index (χ1n) is 24.4. The predicted molar refractivity (Wildman–Crippen MR) is 287 cm³/mol. The smallest absolute Gasteiger partial charge is 0.164 e. The maximum Gasteiger partial charge on any atom is 0.164 e. The molecule has 4 heterocycles. The third-order valence-corrected chi connectivity index (χ3v) is 14.3. The molecule has 0 radical (unpaired) electrons. The maximum atomic E-state index is 6.76. The standard InChI is InChI=1S/C63H59N5O/c1-8-11-25-50(67-43(5)38-46(9-2)35-34-42(4)44(6)51-28-18-19-29-52(51)45(67)7)40-63(10-3)41-69-58-33-22-31-54(59(58)63)62-65-60(47-23-14-12-15-24-47)64-61(66-62)48-36-37-57-55(39-48)53-30-20-21-32-56(53)68(57)49-26-16-13-17-27-49/h8,12-24,26-40,42,44H,1,5,7,9-11,25,41H2,2-4,6H3/b35-34-,46-38+,50-40+. The van der Waals surface area contributed by atoms with Crippen molar-refractivity contribution in [2.45, 2.75) is 64.7 Å². The summed E-state index contributed by atoms with van der Waals surface area (Å²) < 4.78 is 9.09. The SMILES string of the molecule is C=CCC/C(=C\C1(CC)COc2cccc(-c3nc(-c4ccccc4)nc(-c4ccc5c(c4)c4ccccc4n5-c4ccccc4)n3)c21)N1C(=C)/C=C(CC)/C=C\C(C)C(C)c2ccccc2C1=C. The van der Waals surface area contributed by atoms with E-state index in [-0.39, 0.29) is 5.92 Å². The van der Waals surface area contributed by atoms with Crippen LogP contribution in [-0.2, 0) is 5.41 Å². The highest BCUT2D eigenvalue weighted by Crippen LogP contribution is 2.49. The highest BCUT2D eigenvalue weighted by molar-refractivity contribution is 6.10. The molecular weight excluding hydrogens is 843 g/mol. The normalized spacial score (nSPS) is 19.6. The molecule has 2 aliphatic rings. The minimum Gasteiger partial charge on any atom is -0.492 e. The molecule has 3 unspecified atom stereocenters. The van der Waals surface area contributed by atoms with Gasteiger partial charge in [-0.2, -0.15) is 0 Å². The summed E-state index contributed by atoms with van der Waals surface area (Å²) in [7, 11) is 0. The molecule has 2 aromatic heterocycles. The first-order valence-corrected chi connectivity index (χ1v) is 24.4. The van der Waals surface area contributed by atoms with Gasteiger partial charge in [0.05, 0.1) is 16.4 Å². The van der Waals surface area contributed by atoms with Gasteiger partial charge in [0.2, 0.25) is 0 Å². The lowest BCUT2D eigenvalue weighted by atomic mass is 9.76. The van der Waals surface area contributed by atoms with E-state index in [1.807, 2.05) is 24.3 Å². The number of fused-ring (bicyclic) bond motifs is 5. The van der Waals surface area contributed by atoms with E-state index in [2.05, 4.69) is 195 Å². The van der Waals surface area contributed by atoms with Crippen LogP contribution in [0.3, 0.4) is 0 Å². The number of para-hydroxylation sites is 2. The van der Waals surface area contributed by atoms with Gasteiger partial charge in [-0.25, -0.2) is 15.0 Å². The summed E-state index contributed by atoms with van der Waals surface area (Å²) in [6, 6.07) is 50.9. The Balaban J connectivity index is 1.16. The Bertz CT molecular complexity index is 3360. The van der Waals surface area contributed by atoms with Gasteiger partial charge < -0.3 is 14.2 Å². The quantitative estimate of drug-likeness (QED) is 0.121. The van der Waals surface area contributed by atoms with Crippen LogP contribution in [0.25, 0.3) is 67.4 Å². The fraction of sp³-hybridized carbons (Fsp3) is 0.190. The van der Waals surface area contributed by atoms with Crippen LogP contribution < -0.4 is 4.74 Å². The zero-order valence-electron chi connectivity index (χ0n) is 40.2. The van der Waals surface area contributed by atoms with Gasteiger partial charge in [0.15, 0.2) is 17.5 Å². The average Bonchev–Trinajstić information content (AvgIpc) is 3.94. The van der Waals surface area contributed by atoms with Crippen molar-refractivity contribution >= 4 is 27.5 Å². The Morgan fingerprint density at radius 2 is 1.41 bits per heavy atom. The molecule has 0 amide bonds. The Morgan fingerprint density at radius 3 is 2.17 bits per heavy atom. The van der Waals surface area contributed by atoms with Crippen molar-refractivity contribution in [3.05, 3.63) is 229 Å². The van der Waals surface area contributed by atoms with Crippen LogP contribution in [0.2, 0.25) is 0 Å². The summed E-state index contributed by atoms with van der Waals surface area (Å²) in [4.78, 5) is 18.2. The number of rotatable bonds is 11. The Kier molecular flexibility index (Phi) is 12.4. The van der Waals surface area contributed by atoms with Crippen molar-refractivity contribution in [2.75, 3.05) is 6.61 Å². The molecule has 0 spiro atoms. The first kappa shape index (κ1) is 45.0. The second kappa shape index (κ2) is 19.0. The molecule has 342 valence electrons. The summed E-state index contributed by atoms with van der Waals surface area (Å²) >= 11 is 0. The molecule has 2 aliphatic heterocycles. The lowest BCUT2D eigenvalue weighted by molar-refractivity contribution is 0.290. The molecule has 10 rings (SSSR count). The van der Waals surface area contributed by atoms with Crippen LogP contribution in [0, 0.1) is 5.92 Å². The van der Waals surface area contributed by atoms with Crippen molar-refractivity contribution in [2.24, 2.45) is 5.92 Å². The largest absolute Gasteiger partial charge is 0.492 e. The Morgan fingerprint density at radius 1 is 0.725 bits per heavy atom. The number of nitrogens with zero attached hydrogens (tertiary/aromatic N) is 5. The minimum absolute atomic E-state index is 0.267. The van der Waals surface area contributed by atoms with E-state index in [1.165, 1.54) is 11.1 Å². The molecule has 0 bridgehead atoms. The third kappa shape index (κ3) is 8.35. The van der Waals surface area contributed by atoms with E-state index in [9.17, 15) is 0 Å². The van der Waals surface area contributed by atoms with Gasteiger partial charge in [0.1, 0.15) is 12.4 Å². The van der Waals surface area contributed by atoms with Crippen LogP contribution >= 0.6 is 0 Å². The van der Waals surface area contributed by atoms with Gasteiger partial charge in [-0.3, -0.25) is 0 Å². The highest BCUT2D eigenvalue weighted by Gasteiger charge is 2.42. The van der Waals surface area contributed by atoms with Crippen LogP contribution in [0.1, 0.15) is 76.0 Å². The number of allylic oxidation sites excluding steroid dienone is 6. The number of benzene rings is 6. The molecule has 6 heteroatoms. The number of ether oxygens (including phenoxy) is 1.